The van der Waals surface area contributed by atoms with Crippen LogP contribution in [0.4, 0.5) is 5.69 Å². The number of nitriles is 1. The van der Waals surface area contributed by atoms with Crippen LogP contribution < -0.4 is 5.73 Å². The van der Waals surface area contributed by atoms with E-state index < -0.39 is 0 Å². The second kappa shape index (κ2) is 5.73. The van der Waals surface area contributed by atoms with Crippen molar-refractivity contribution in [3.05, 3.63) is 24.3 Å². The normalized spacial score (nSPS) is 7.91. The Hall–Kier alpha value is 0.120. The van der Waals surface area contributed by atoms with Gasteiger partial charge in [-0.25, -0.2) is 0 Å². The molecule has 0 aliphatic heterocycles. The average molecular weight is 192 g/mol. The van der Waals surface area contributed by atoms with Gasteiger partial charge < -0.3 is 8.59 Å². The van der Waals surface area contributed by atoms with Crippen LogP contribution in [-0.2, 0) is 0 Å². The summed E-state index contributed by atoms with van der Waals surface area (Å²) in [6.45, 7) is 0. The summed E-state index contributed by atoms with van der Waals surface area (Å²) in [5, 5.41) is 10.2. The van der Waals surface area contributed by atoms with Crippen molar-refractivity contribution >= 4 is 55.2 Å². The Balaban J connectivity index is -0.000000333. The summed E-state index contributed by atoms with van der Waals surface area (Å²) in [5.74, 6) is 0. The first-order valence-electron chi connectivity index (χ1n) is 2.74. The molecule has 11 heavy (non-hydrogen) atoms. The fourth-order valence-corrected chi connectivity index (χ4v) is 0.966. The zero-order chi connectivity index (χ0) is 7.40. The molecule has 0 aliphatic carbocycles. The summed E-state index contributed by atoms with van der Waals surface area (Å²) in [6, 6.07) is 7.20. The molecule has 0 aliphatic rings. The maximum absolute atomic E-state index is 8.27. The van der Waals surface area contributed by atoms with Gasteiger partial charge in [-0.15, -0.1) is 0 Å². The summed E-state index contributed by atoms with van der Waals surface area (Å²) in [5.41, 5.74) is 6.16. The maximum atomic E-state index is 8.27. The van der Waals surface area contributed by atoms with E-state index in [0.29, 0.717) is 0 Å². The monoisotopic (exact) mass is 192 g/mol. The first-order valence-corrected chi connectivity index (χ1v) is 3.56. The molecule has 2 nitrogen and oxygen atoms in total. The van der Waals surface area contributed by atoms with Crippen LogP contribution in [0.2, 0.25) is 0 Å². The summed E-state index contributed by atoms with van der Waals surface area (Å²) in [7, 11) is 0. The Morgan fingerprint density at radius 1 is 1.36 bits per heavy atom. The Labute approximate surface area is 103 Å². The largest absolute Gasteiger partial charge is 2.00 e. The Kier molecular flexibility index (Phi) is 5.79. The zero-order valence-electron chi connectivity index (χ0n) is 7.95. The van der Waals surface area contributed by atoms with E-state index in [1.807, 2.05) is 17.5 Å². The molecule has 0 spiro atoms. The van der Waals surface area contributed by atoms with Crippen molar-refractivity contribution in [1.82, 2.24) is 0 Å². The number of rotatable bonds is 1. The fraction of sp³-hybridized carbons (Fsp3) is 0. The van der Waals surface area contributed by atoms with Gasteiger partial charge in [0.25, 0.3) is 0 Å². The molecule has 0 atom stereocenters. The molecule has 0 fully saturated rings. The van der Waals surface area contributed by atoms with Crippen molar-refractivity contribution < 1.29 is 2.85 Å². The molecule has 0 amide bonds. The quantitative estimate of drug-likeness (QED) is 0.319. The summed E-state index contributed by atoms with van der Waals surface area (Å²) in [6.07, 6.45) is 0. The molecule has 1 aromatic carbocycles. The third-order valence-corrected chi connectivity index (χ3v) is 1.64. The molecule has 0 heterocycles. The van der Waals surface area contributed by atoms with Gasteiger partial charge in [-0.1, -0.05) is 0 Å². The first-order chi connectivity index (χ1) is 4.83. The first kappa shape index (κ1) is 11.1. The van der Waals surface area contributed by atoms with Gasteiger partial charge in [0.1, 0.15) is 5.40 Å². The second-order valence-corrected chi connectivity index (χ2v) is 2.62. The molecule has 0 unspecified atom stereocenters. The summed E-state index contributed by atoms with van der Waals surface area (Å²) in [4.78, 5) is 0.928. The van der Waals surface area contributed by atoms with Gasteiger partial charge in [0.2, 0.25) is 0 Å². The average Bonchev–Trinajstić information content (AvgIpc) is 1.95. The number of hydrogen-bond acceptors (Lipinski definition) is 3. The van der Waals surface area contributed by atoms with Gasteiger partial charge in [-0.05, 0) is 36.0 Å². The van der Waals surface area contributed by atoms with Crippen molar-refractivity contribution in [3.8, 4) is 5.40 Å². The van der Waals surface area contributed by atoms with Gasteiger partial charge in [0.15, 0.2) is 0 Å². The molecule has 0 saturated carbocycles. The topological polar surface area (TPSA) is 49.8 Å². The van der Waals surface area contributed by atoms with E-state index in [1.165, 1.54) is 0 Å². The predicted octanol–water partition coefficient (Wildman–Crippen LogP) is 1.69. The van der Waals surface area contributed by atoms with Crippen molar-refractivity contribution in [2.24, 2.45) is 0 Å². The third-order valence-electron chi connectivity index (χ3n) is 1.04. The predicted molar refractivity (Wildman–Crippen MR) is 50.3 cm³/mol. The van der Waals surface area contributed by atoms with Gasteiger partial charge in [0, 0.05) is 10.6 Å². The third kappa shape index (κ3) is 3.88. The number of anilines is 1. The van der Waals surface area contributed by atoms with Gasteiger partial charge in [0.05, 0.1) is 0 Å². The Bertz CT molecular complexity index is 260. The molecule has 2 N–H and O–H groups in total. The van der Waals surface area contributed by atoms with Gasteiger partial charge in [-0.2, -0.15) is 5.26 Å². The van der Waals surface area contributed by atoms with Crippen LogP contribution in [0.3, 0.4) is 0 Å². The second-order valence-electron chi connectivity index (χ2n) is 1.76. The van der Waals surface area contributed by atoms with Crippen LogP contribution in [0.15, 0.2) is 29.2 Å². The van der Waals surface area contributed by atoms with Crippen molar-refractivity contribution in [2.45, 2.75) is 4.90 Å². The number of nitrogens with zero attached hydrogens (tertiary/aromatic N) is 1. The Morgan fingerprint density at radius 2 is 1.91 bits per heavy atom. The molecular formula is C7H8CaN2S. The molecule has 54 valence electrons. The summed E-state index contributed by atoms with van der Waals surface area (Å²) < 4.78 is 0. The van der Waals surface area contributed by atoms with E-state index in [2.05, 4.69) is 0 Å². The molecule has 0 radical (unpaired) electrons. The van der Waals surface area contributed by atoms with E-state index in [1.54, 1.807) is 12.1 Å². The zero-order valence-corrected chi connectivity index (χ0v) is 8.97. The molecule has 4 heteroatoms. The smallest absolute Gasteiger partial charge is 1.00 e. The molecule has 0 saturated heterocycles. The van der Waals surface area contributed by atoms with Crippen molar-refractivity contribution in [2.75, 3.05) is 5.73 Å². The van der Waals surface area contributed by atoms with E-state index in [-0.39, 0.29) is 40.6 Å². The molecule has 1 rings (SSSR count). The van der Waals surface area contributed by atoms with Crippen LogP contribution in [0.25, 0.3) is 0 Å². The van der Waals surface area contributed by atoms with Crippen LogP contribution in [0, 0.1) is 10.7 Å². The van der Waals surface area contributed by atoms with E-state index >= 15 is 0 Å². The maximum Gasteiger partial charge on any atom is 2.00 e. The van der Waals surface area contributed by atoms with Crippen LogP contribution in [-0.4, -0.2) is 37.7 Å². The van der Waals surface area contributed by atoms with Crippen LogP contribution in [0.1, 0.15) is 2.85 Å². The number of nitrogens with two attached hydrogens (primary N) is 1. The van der Waals surface area contributed by atoms with Gasteiger partial charge >= 0.3 is 37.7 Å². The minimum absolute atomic E-state index is 0. The van der Waals surface area contributed by atoms with Crippen LogP contribution in [0.5, 0.6) is 0 Å². The number of hydrogen-bond donors (Lipinski definition) is 1. The minimum atomic E-state index is 0. The minimum Gasteiger partial charge on any atom is -1.00 e. The fourth-order valence-electron chi connectivity index (χ4n) is 0.589. The number of thioether (sulfide) groups is 1. The molecule has 1 aromatic rings. The number of benzene rings is 1. The summed E-state index contributed by atoms with van der Waals surface area (Å²) >= 11 is 1.13. The van der Waals surface area contributed by atoms with Crippen molar-refractivity contribution in [3.63, 3.8) is 0 Å². The molecule has 0 aromatic heterocycles. The standard InChI is InChI=1S/C7H6N2S.Ca.2H/c8-5-10-7-3-1-6(9)2-4-7;;;/h1-4H,9H2;;;/q;+2;2*-1. The van der Waals surface area contributed by atoms with E-state index in [0.717, 1.165) is 22.3 Å². The van der Waals surface area contributed by atoms with Crippen molar-refractivity contribution in [1.29, 1.82) is 5.26 Å². The van der Waals surface area contributed by atoms with Crippen LogP contribution >= 0.6 is 11.8 Å². The number of thiocyanates is 1. The number of nitrogen functional groups attached to an aromatic ring is 1. The molecular weight excluding hydrogens is 184 g/mol. The van der Waals surface area contributed by atoms with E-state index in [9.17, 15) is 0 Å². The molecule has 0 bridgehead atoms. The van der Waals surface area contributed by atoms with Gasteiger partial charge in [-0.3, -0.25) is 0 Å². The SMILES string of the molecule is N#CSc1ccc(N)cc1.[Ca+2].[H-].[H-]. The Morgan fingerprint density at radius 3 is 2.36 bits per heavy atom. The van der Waals surface area contributed by atoms with E-state index in [4.69, 9.17) is 11.0 Å².